The van der Waals surface area contributed by atoms with Crippen LogP contribution in [-0.4, -0.2) is 16.2 Å². The van der Waals surface area contributed by atoms with E-state index in [1.165, 1.54) is 0 Å². The van der Waals surface area contributed by atoms with Crippen molar-refractivity contribution in [1.82, 2.24) is 0 Å². The third kappa shape index (κ3) is 2.51. The summed E-state index contributed by atoms with van der Waals surface area (Å²) in [5.74, 6) is -0.689. The molecule has 0 spiro atoms. The van der Waals surface area contributed by atoms with Crippen molar-refractivity contribution in [3.05, 3.63) is 28.3 Å². The molecule has 110 valence electrons. The summed E-state index contributed by atoms with van der Waals surface area (Å²) in [6.07, 6.45) is 3.92. The molecule has 1 saturated carbocycles. The highest BCUT2D eigenvalue weighted by molar-refractivity contribution is 6.32. The number of rotatable bonds is 3. The molecule has 20 heavy (non-hydrogen) atoms. The third-order valence-corrected chi connectivity index (χ3v) is 4.67. The first-order chi connectivity index (χ1) is 9.38. The largest absolute Gasteiger partial charge is 0.506 e. The van der Waals surface area contributed by atoms with Crippen LogP contribution >= 0.6 is 11.6 Å². The molecule has 0 amide bonds. The van der Waals surface area contributed by atoms with Crippen LogP contribution in [0.25, 0.3) is 0 Å². The van der Waals surface area contributed by atoms with E-state index in [0.717, 1.165) is 24.8 Å². The number of hydrogen-bond acceptors (Lipinski definition) is 2. The molecule has 1 fully saturated rings. The lowest BCUT2D eigenvalue weighted by molar-refractivity contribution is -0.145. The monoisotopic (exact) mass is 296 g/mol. The fourth-order valence-corrected chi connectivity index (χ4v) is 3.30. The molecule has 0 unspecified atom stereocenters. The van der Waals surface area contributed by atoms with Gasteiger partial charge in [-0.1, -0.05) is 50.8 Å². The highest BCUT2D eigenvalue weighted by Crippen LogP contribution is 2.46. The van der Waals surface area contributed by atoms with E-state index in [4.69, 9.17) is 11.6 Å². The van der Waals surface area contributed by atoms with Crippen molar-refractivity contribution >= 4 is 17.6 Å². The summed E-state index contributed by atoms with van der Waals surface area (Å²) in [6.45, 7) is 4.06. The number of hydrogen-bond donors (Lipinski definition) is 2. The minimum Gasteiger partial charge on any atom is -0.506 e. The molecule has 0 atom stereocenters. The molecular weight excluding hydrogens is 276 g/mol. The Labute approximate surface area is 124 Å². The second kappa shape index (κ2) is 5.65. The number of aliphatic carboxylic acids is 1. The number of phenolic OH excluding ortho intramolecular Hbond substituents is 1. The average molecular weight is 297 g/mol. The van der Waals surface area contributed by atoms with E-state index >= 15 is 0 Å². The van der Waals surface area contributed by atoms with Gasteiger partial charge in [0.25, 0.3) is 0 Å². The summed E-state index contributed by atoms with van der Waals surface area (Å²) in [5, 5.41) is 20.3. The Morgan fingerprint density at radius 1 is 1.25 bits per heavy atom. The number of carboxylic acid groups (broad SMARTS) is 1. The van der Waals surface area contributed by atoms with Crippen LogP contribution in [0.15, 0.2) is 12.1 Å². The average Bonchev–Trinajstić information content (AvgIpc) is 2.42. The fraction of sp³-hybridized carbons (Fsp3) is 0.562. The molecular formula is C16H21ClO3. The normalized spacial score (nSPS) is 18.2. The molecule has 3 nitrogen and oxygen atoms in total. The first-order valence-corrected chi connectivity index (χ1v) is 7.52. The number of carboxylic acids is 1. The topological polar surface area (TPSA) is 57.5 Å². The lowest BCUT2D eigenvalue weighted by Gasteiger charge is -2.34. The maximum absolute atomic E-state index is 11.9. The van der Waals surface area contributed by atoms with Gasteiger partial charge in [0.1, 0.15) is 5.75 Å². The Bertz CT molecular complexity index is 517. The summed E-state index contributed by atoms with van der Waals surface area (Å²) >= 11 is 6.11. The van der Waals surface area contributed by atoms with Crippen LogP contribution in [0.1, 0.15) is 63.0 Å². The van der Waals surface area contributed by atoms with Crippen LogP contribution in [0, 0.1) is 0 Å². The van der Waals surface area contributed by atoms with Crippen LogP contribution in [0.4, 0.5) is 0 Å². The van der Waals surface area contributed by atoms with Gasteiger partial charge in [-0.05, 0) is 30.4 Å². The number of aromatic hydroxyl groups is 1. The Hall–Kier alpha value is -1.22. The maximum atomic E-state index is 11.9. The van der Waals surface area contributed by atoms with Crippen LogP contribution in [0.2, 0.25) is 5.02 Å². The van der Waals surface area contributed by atoms with Crippen LogP contribution in [0.3, 0.4) is 0 Å². The minimum atomic E-state index is -0.989. The molecule has 0 aromatic heterocycles. The smallest absolute Gasteiger partial charge is 0.314 e. The van der Waals surface area contributed by atoms with Crippen molar-refractivity contribution in [3.8, 4) is 5.75 Å². The van der Waals surface area contributed by atoms with Gasteiger partial charge in [0.05, 0.1) is 10.4 Å². The lowest BCUT2D eigenvalue weighted by atomic mass is 9.68. The SMILES string of the molecule is CC(C)c1cc(Cl)c(O)c(C2(C(=O)O)CCCCC2)c1. The zero-order valence-electron chi connectivity index (χ0n) is 11.9. The molecule has 0 heterocycles. The number of halogens is 1. The Kier molecular flexibility index (Phi) is 4.28. The van der Waals surface area contributed by atoms with Gasteiger partial charge in [-0.25, -0.2) is 0 Å². The first kappa shape index (κ1) is 15.2. The summed E-state index contributed by atoms with van der Waals surface area (Å²) in [7, 11) is 0. The molecule has 2 rings (SSSR count). The van der Waals surface area contributed by atoms with Crippen molar-refractivity contribution in [2.45, 2.75) is 57.3 Å². The predicted octanol–water partition coefficient (Wildman–Crippen LogP) is 4.46. The second-order valence-electron chi connectivity index (χ2n) is 6.00. The van der Waals surface area contributed by atoms with Gasteiger partial charge < -0.3 is 10.2 Å². The Morgan fingerprint density at radius 3 is 2.35 bits per heavy atom. The Morgan fingerprint density at radius 2 is 1.85 bits per heavy atom. The van der Waals surface area contributed by atoms with Gasteiger partial charge in [0, 0.05) is 5.56 Å². The summed E-state index contributed by atoms with van der Waals surface area (Å²) in [4.78, 5) is 11.9. The van der Waals surface area contributed by atoms with Crippen molar-refractivity contribution in [2.75, 3.05) is 0 Å². The van der Waals surface area contributed by atoms with Crippen LogP contribution < -0.4 is 0 Å². The summed E-state index contributed by atoms with van der Waals surface area (Å²) < 4.78 is 0. The molecule has 2 N–H and O–H groups in total. The van der Waals surface area contributed by atoms with Crippen LogP contribution in [0.5, 0.6) is 5.75 Å². The highest BCUT2D eigenvalue weighted by Gasteiger charge is 2.43. The quantitative estimate of drug-likeness (QED) is 0.866. The van der Waals surface area contributed by atoms with E-state index in [9.17, 15) is 15.0 Å². The van der Waals surface area contributed by atoms with E-state index in [-0.39, 0.29) is 16.7 Å². The van der Waals surface area contributed by atoms with Gasteiger partial charge in [-0.2, -0.15) is 0 Å². The van der Waals surface area contributed by atoms with E-state index in [1.807, 2.05) is 19.9 Å². The highest BCUT2D eigenvalue weighted by atomic mass is 35.5. The van der Waals surface area contributed by atoms with E-state index < -0.39 is 11.4 Å². The molecule has 1 aromatic carbocycles. The molecule has 1 aromatic rings. The molecule has 0 bridgehead atoms. The fourth-order valence-electron chi connectivity index (χ4n) is 3.07. The van der Waals surface area contributed by atoms with Crippen molar-refractivity contribution in [3.63, 3.8) is 0 Å². The molecule has 4 heteroatoms. The first-order valence-electron chi connectivity index (χ1n) is 7.15. The molecule has 0 saturated heterocycles. The molecule has 1 aliphatic carbocycles. The molecule has 1 aliphatic rings. The summed E-state index contributed by atoms with van der Waals surface area (Å²) in [5.41, 5.74) is 0.464. The van der Waals surface area contributed by atoms with Crippen molar-refractivity contribution in [1.29, 1.82) is 0 Å². The second-order valence-corrected chi connectivity index (χ2v) is 6.41. The number of benzene rings is 1. The zero-order chi connectivity index (χ0) is 14.9. The van der Waals surface area contributed by atoms with E-state index in [0.29, 0.717) is 18.4 Å². The number of carbonyl (C=O) groups is 1. The molecule has 0 radical (unpaired) electrons. The minimum absolute atomic E-state index is 0.0691. The number of phenols is 1. The van der Waals surface area contributed by atoms with Gasteiger partial charge in [-0.3, -0.25) is 4.79 Å². The van der Waals surface area contributed by atoms with E-state index in [1.54, 1.807) is 6.07 Å². The standard InChI is InChI=1S/C16H21ClO3/c1-10(2)11-8-12(14(18)13(17)9-11)16(15(19)20)6-4-3-5-7-16/h8-10,18H,3-7H2,1-2H3,(H,19,20). The van der Waals surface area contributed by atoms with Crippen molar-refractivity contribution in [2.24, 2.45) is 0 Å². The van der Waals surface area contributed by atoms with Gasteiger partial charge in [0.2, 0.25) is 0 Å². The van der Waals surface area contributed by atoms with Crippen LogP contribution in [-0.2, 0) is 10.2 Å². The van der Waals surface area contributed by atoms with Gasteiger partial charge >= 0.3 is 5.97 Å². The molecule has 0 aliphatic heterocycles. The lowest BCUT2D eigenvalue weighted by Crippen LogP contribution is -2.38. The summed E-state index contributed by atoms with van der Waals surface area (Å²) in [6, 6.07) is 3.55. The van der Waals surface area contributed by atoms with Crippen molar-refractivity contribution < 1.29 is 15.0 Å². The predicted molar refractivity (Wildman–Crippen MR) is 79.6 cm³/mol. The maximum Gasteiger partial charge on any atom is 0.314 e. The zero-order valence-corrected chi connectivity index (χ0v) is 12.7. The third-order valence-electron chi connectivity index (χ3n) is 4.38. The Balaban J connectivity index is 2.61. The van der Waals surface area contributed by atoms with Gasteiger partial charge in [0.15, 0.2) is 0 Å². The van der Waals surface area contributed by atoms with E-state index in [2.05, 4.69) is 0 Å². The van der Waals surface area contributed by atoms with Gasteiger partial charge in [-0.15, -0.1) is 0 Å².